The molecule has 2 aromatic carbocycles. The van der Waals surface area contributed by atoms with E-state index in [-0.39, 0.29) is 24.0 Å². The highest BCUT2D eigenvalue weighted by atomic mass is 32.1. The lowest BCUT2D eigenvalue weighted by Gasteiger charge is -2.24. The van der Waals surface area contributed by atoms with E-state index in [0.717, 1.165) is 11.3 Å². The Bertz CT molecular complexity index is 1410. The number of aromatic nitrogens is 1. The maximum absolute atomic E-state index is 13.5. The first-order valence-electron chi connectivity index (χ1n) is 11.0. The molecule has 176 valence electrons. The van der Waals surface area contributed by atoms with Crippen LogP contribution in [-0.2, 0) is 9.53 Å². The summed E-state index contributed by atoms with van der Waals surface area (Å²) in [6.45, 7) is 7.61. The molecular formula is C26H26N2O5S. The maximum Gasteiger partial charge on any atom is 0.338 e. The Morgan fingerprint density at radius 3 is 2.47 bits per heavy atom. The molecule has 3 aromatic rings. The second kappa shape index (κ2) is 9.69. The third-order valence-electron chi connectivity index (χ3n) is 5.28. The molecule has 8 heteroatoms. The van der Waals surface area contributed by atoms with Crippen LogP contribution in [0.5, 0.6) is 11.5 Å². The molecule has 1 aliphatic heterocycles. The van der Waals surface area contributed by atoms with Crippen LogP contribution in [0.15, 0.2) is 69.6 Å². The summed E-state index contributed by atoms with van der Waals surface area (Å²) in [5, 5.41) is 9.75. The van der Waals surface area contributed by atoms with Crippen molar-refractivity contribution in [1.82, 2.24) is 4.57 Å². The van der Waals surface area contributed by atoms with E-state index in [1.807, 2.05) is 38.1 Å². The number of nitrogens with zero attached hydrogens (tertiary/aromatic N) is 2. The van der Waals surface area contributed by atoms with Crippen LogP contribution in [0.4, 0.5) is 0 Å². The van der Waals surface area contributed by atoms with Gasteiger partial charge in [0.15, 0.2) is 4.80 Å². The number of allylic oxidation sites excluding steroid dienone is 1. The molecule has 0 fully saturated rings. The molecule has 0 aliphatic carbocycles. The molecule has 34 heavy (non-hydrogen) atoms. The van der Waals surface area contributed by atoms with Gasteiger partial charge in [-0.2, -0.15) is 0 Å². The minimum absolute atomic E-state index is 0.0753. The molecule has 0 amide bonds. The number of phenols is 1. The molecule has 2 heterocycles. The van der Waals surface area contributed by atoms with Crippen LogP contribution in [0.3, 0.4) is 0 Å². The molecule has 7 nitrogen and oxygen atoms in total. The molecule has 0 bridgehead atoms. The number of fused-ring (bicyclic) bond motifs is 1. The number of rotatable bonds is 6. The van der Waals surface area contributed by atoms with Gasteiger partial charge in [-0.05, 0) is 69.2 Å². The third kappa shape index (κ3) is 4.68. The van der Waals surface area contributed by atoms with Gasteiger partial charge >= 0.3 is 5.97 Å². The molecule has 1 aromatic heterocycles. The molecule has 0 unspecified atom stereocenters. The van der Waals surface area contributed by atoms with Gasteiger partial charge in [0.2, 0.25) is 0 Å². The van der Waals surface area contributed by atoms with E-state index in [2.05, 4.69) is 4.99 Å². The van der Waals surface area contributed by atoms with E-state index in [1.165, 1.54) is 28.0 Å². The van der Waals surface area contributed by atoms with E-state index in [9.17, 15) is 14.7 Å². The number of hydrogen-bond donors (Lipinski definition) is 1. The van der Waals surface area contributed by atoms with Crippen molar-refractivity contribution in [1.29, 1.82) is 0 Å². The average Bonchev–Trinajstić information content (AvgIpc) is 3.09. The summed E-state index contributed by atoms with van der Waals surface area (Å²) >= 11 is 1.27. The largest absolute Gasteiger partial charge is 0.508 e. The fraction of sp³-hybridized carbons (Fsp3) is 0.269. The van der Waals surface area contributed by atoms with Crippen LogP contribution < -0.4 is 19.6 Å². The highest BCUT2D eigenvalue weighted by Crippen LogP contribution is 2.31. The minimum atomic E-state index is -0.708. The number of ether oxygens (including phenoxy) is 2. The van der Waals surface area contributed by atoms with Crippen LogP contribution in [-0.4, -0.2) is 28.4 Å². The number of esters is 1. The average molecular weight is 479 g/mol. The number of carbonyl (C=O) groups is 1. The summed E-state index contributed by atoms with van der Waals surface area (Å²) in [7, 11) is 0. The van der Waals surface area contributed by atoms with E-state index in [4.69, 9.17) is 9.47 Å². The van der Waals surface area contributed by atoms with Crippen LogP contribution in [0.25, 0.3) is 6.08 Å². The summed E-state index contributed by atoms with van der Waals surface area (Å²) in [6, 6.07) is 13.3. The van der Waals surface area contributed by atoms with Crippen LogP contribution >= 0.6 is 11.3 Å². The van der Waals surface area contributed by atoms with Gasteiger partial charge in [-0.1, -0.05) is 35.6 Å². The molecule has 1 atom stereocenters. The lowest BCUT2D eigenvalue weighted by atomic mass is 9.96. The first kappa shape index (κ1) is 23.5. The second-order valence-electron chi connectivity index (χ2n) is 8.13. The van der Waals surface area contributed by atoms with E-state index < -0.39 is 12.0 Å². The zero-order chi connectivity index (χ0) is 24.4. The van der Waals surface area contributed by atoms with Crippen molar-refractivity contribution in [2.45, 2.75) is 39.8 Å². The smallest absolute Gasteiger partial charge is 0.338 e. The molecule has 0 radical (unpaired) electrons. The molecule has 4 rings (SSSR count). The SMILES string of the molecule is CCOC(=O)C1=C(C)N=c2s/c(=C\c3ccc(OC(C)C)cc3)c(=O)n2[C@@H]1c1ccc(O)cc1. The number of carbonyl (C=O) groups excluding carboxylic acids is 1. The van der Waals surface area contributed by atoms with E-state index in [0.29, 0.717) is 26.2 Å². The van der Waals surface area contributed by atoms with Crippen molar-refractivity contribution in [3.05, 3.63) is 90.6 Å². The van der Waals surface area contributed by atoms with Crippen LogP contribution in [0.1, 0.15) is 44.9 Å². The van der Waals surface area contributed by atoms with Crippen molar-refractivity contribution in [3.8, 4) is 11.5 Å². The highest BCUT2D eigenvalue weighted by molar-refractivity contribution is 7.07. The van der Waals surface area contributed by atoms with Gasteiger partial charge in [-0.3, -0.25) is 9.36 Å². The summed E-state index contributed by atoms with van der Waals surface area (Å²) in [6.07, 6.45) is 1.88. The van der Waals surface area contributed by atoms with E-state index in [1.54, 1.807) is 32.1 Å². The van der Waals surface area contributed by atoms with Gasteiger partial charge in [-0.25, -0.2) is 9.79 Å². The van der Waals surface area contributed by atoms with Gasteiger partial charge in [0.05, 0.1) is 34.6 Å². The zero-order valence-electron chi connectivity index (χ0n) is 19.4. The van der Waals surface area contributed by atoms with Gasteiger partial charge in [0.1, 0.15) is 11.5 Å². The summed E-state index contributed by atoms with van der Waals surface area (Å²) < 4.78 is 13.0. The predicted octanol–water partition coefficient (Wildman–Crippen LogP) is 3.29. The second-order valence-corrected chi connectivity index (χ2v) is 9.14. The number of phenolic OH excluding ortho intramolecular Hbond substituents is 1. The van der Waals surface area contributed by atoms with Gasteiger partial charge in [0, 0.05) is 0 Å². The van der Waals surface area contributed by atoms with Gasteiger partial charge < -0.3 is 14.6 Å². The predicted molar refractivity (Wildman–Crippen MR) is 131 cm³/mol. The fourth-order valence-electron chi connectivity index (χ4n) is 3.83. The standard InChI is InChI=1S/C26H26N2O5S/c1-5-32-25(31)22-16(4)27-26-28(23(22)18-8-10-19(29)11-9-18)24(30)21(34-26)14-17-6-12-20(13-7-17)33-15(2)3/h6-15,23,29H,5H2,1-4H3/b21-14-/t23-/m1/s1. The monoisotopic (exact) mass is 478 g/mol. The number of thiazole rings is 1. The van der Waals surface area contributed by atoms with E-state index >= 15 is 0 Å². The summed E-state index contributed by atoms with van der Waals surface area (Å²) in [5.41, 5.74) is 2.08. The quantitative estimate of drug-likeness (QED) is 0.549. The third-order valence-corrected chi connectivity index (χ3v) is 6.26. The Morgan fingerprint density at radius 1 is 1.18 bits per heavy atom. The molecule has 0 saturated heterocycles. The lowest BCUT2D eigenvalue weighted by Crippen LogP contribution is -2.39. The Balaban J connectivity index is 1.85. The molecule has 0 saturated carbocycles. The normalized spacial score (nSPS) is 15.8. The van der Waals surface area contributed by atoms with Gasteiger partial charge in [-0.15, -0.1) is 0 Å². The number of benzene rings is 2. The summed E-state index contributed by atoms with van der Waals surface area (Å²) in [4.78, 5) is 31.5. The first-order chi connectivity index (χ1) is 16.3. The molecule has 1 N–H and O–H groups in total. The molecule has 1 aliphatic rings. The highest BCUT2D eigenvalue weighted by Gasteiger charge is 2.33. The summed E-state index contributed by atoms with van der Waals surface area (Å²) in [5.74, 6) is 0.340. The lowest BCUT2D eigenvalue weighted by molar-refractivity contribution is -0.139. The Hall–Kier alpha value is -3.65. The zero-order valence-corrected chi connectivity index (χ0v) is 20.3. The maximum atomic E-state index is 13.5. The first-order valence-corrected chi connectivity index (χ1v) is 11.9. The Morgan fingerprint density at radius 2 is 1.85 bits per heavy atom. The van der Waals surface area contributed by atoms with Crippen LogP contribution in [0, 0.1) is 0 Å². The van der Waals surface area contributed by atoms with Crippen molar-refractivity contribution >= 4 is 23.4 Å². The minimum Gasteiger partial charge on any atom is -0.508 e. The fourth-order valence-corrected chi connectivity index (χ4v) is 4.88. The van der Waals surface area contributed by atoms with Gasteiger partial charge in [0.25, 0.3) is 5.56 Å². The molecule has 0 spiro atoms. The van der Waals surface area contributed by atoms with Crippen LogP contribution in [0.2, 0.25) is 0 Å². The van der Waals surface area contributed by atoms with Crippen molar-refractivity contribution in [3.63, 3.8) is 0 Å². The van der Waals surface area contributed by atoms with Crippen molar-refractivity contribution in [2.24, 2.45) is 4.99 Å². The van der Waals surface area contributed by atoms with Crippen molar-refractivity contribution < 1.29 is 19.4 Å². The van der Waals surface area contributed by atoms with Crippen molar-refractivity contribution in [2.75, 3.05) is 6.61 Å². The Kier molecular flexibility index (Phi) is 6.70. The number of hydrogen-bond acceptors (Lipinski definition) is 7. The number of aromatic hydroxyl groups is 1. The Labute approximate surface area is 200 Å². The topological polar surface area (TPSA) is 90.1 Å². The molecular weight excluding hydrogens is 452 g/mol.